The highest BCUT2D eigenvalue weighted by molar-refractivity contribution is 5.82. The molecule has 16 heavy (non-hydrogen) atoms. The molecule has 1 rings (SSSR count). The van der Waals surface area contributed by atoms with Gasteiger partial charge < -0.3 is 4.74 Å². The first kappa shape index (κ1) is 13.2. The Hall–Kier alpha value is -0.860. The van der Waals surface area contributed by atoms with Crippen molar-refractivity contribution >= 4 is 11.8 Å². The van der Waals surface area contributed by atoms with Crippen LogP contribution in [-0.2, 0) is 14.3 Å². The predicted molar refractivity (Wildman–Crippen MR) is 61.9 cm³/mol. The van der Waals surface area contributed by atoms with Gasteiger partial charge in [-0.1, -0.05) is 13.8 Å². The summed E-state index contributed by atoms with van der Waals surface area (Å²) in [5, 5.41) is 0. The van der Waals surface area contributed by atoms with E-state index in [0.717, 1.165) is 25.7 Å². The highest BCUT2D eigenvalue weighted by atomic mass is 16.5. The minimum absolute atomic E-state index is 0.126. The maximum absolute atomic E-state index is 11.8. The summed E-state index contributed by atoms with van der Waals surface area (Å²) >= 11 is 0. The standard InChI is InChI=1S/C13H22O3/c1-9(2)13(15)11-6-4-10(5-7-11)8-12(14)16-3/h9-11H,4-8H2,1-3H3. The van der Waals surface area contributed by atoms with E-state index in [0.29, 0.717) is 18.1 Å². The normalized spacial score (nSPS) is 25.5. The van der Waals surface area contributed by atoms with Crippen molar-refractivity contribution in [2.45, 2.75) is 46.0 Å². The molecule has 3 heteroatoms. The number of methoxy groups -OCH3 is 1. The number of rotatable bonds is 4. The molecule has 0 N–H and O–H groups in total. The fourth-order valence-corrected chi connectivity index (χ4v) is 2.44. The Morgan fingerprint density at radius 2 is 1.75 bits per heavy atom. The average Bonchev–Trinajstić information content (AvgIpc) is 2.28. The van der Waals surface area contributed by atoms with E-state index < -0.39 is 0 Å². The van der Waals surface area contributed by atoms with Crippen LogP contribution in [0.25, 0.3) is 0 Å². The second-order valence-corrected chi connectivity index (χ2v) is 5.05. The molecule has 1 aliphatic carbocycles. The van der Waals surface area contributed by atoms with E-state index in [1.807, 2.05) is 13.8 Å². The number of carbonyl (C=O) groups is 2. The molecule has 92 valence electrons. The van der Waals surface area contributed by atoms with Gasteiger partial charge in [0.1, 0.15) is 5.78 Å². The first-order chi connectivity index (χ1) is 7.54. The highest BCUT2D eigenvalue weighted by Crippen LogP contribution is 2.32. The lowest BCUT2D eigenvalue weighted by Crippen LogP contribution is -2.26. The van der Waals surface area contributed by atoms with Crippen molar-refractivity contribution in [1.29, 1.82) is 0 Å². The Labute approximate surface area is 97.5 Å². The molecule has 0 saturated heterocycles. The average molecular weight is 226 g/mol. The molecular weight excluding hydrogens is 204 g/mol. The van der Waals surface area contributed by atoms with Crippen LogP contribution in [-0.4, -0.2) is 18.9 Å². The van der Waals surface area contributed by atoms with Gasteiger partial charge in [0.05, 0.1) is 7.11 Å². The van der Waals surface area contributed by atoms with Gasteiger partial charge in [-0.3, -0.25) is 9.59 Å². The topological polar surface area (TPSA) is 43.4 Å². The van der Waals surface area contributed by atoms with Crippen LogP contribution in [0.2, 0.25) is 0 Å². The Bertz CT molecular complexity index is 250. The number of ether oxygens (including phenoxy) is 1. The number of hydrogen-bond acceptors (Lipinski definition) is 3. The van der Waals surface area contributed by atoms with Crippen LogP contribution in [0.4, 0.5) is 0 Å². The molecule has 0 unspecified atom stereocenters. The molecule has 3 nitrogen and oxygen atoms in total. The van der Waals surface area contributed by atoms with Crippen LogP contribution in [0.5, 0.6) is 0 Å². The van der Waals surface area contributed by atoms with Crippen LogP contribution in [0.3, 0.4) is 0 Å². The third-order valence-corrected chi connectivity index (χ3v) is 3.50. The molecule has 0 spiro atoms. The number of ketones is 1. The molecule has 0 radical (unpaired) electrons. The molecule has 0 aromatic heterocycles. The van der Waals surface area contributed by atoms with Gasteiger partial charge in [-0.2, -0.15) is 0 Å². The summed E-state index contributed by atoms with van der Waals surface area (Å²) in [5.74, 6) is 1.05. The zero-order valence-corrected chi connectivity index (χ0v) is 10.5. The van der Waals surface area contributed by atoms with E-state index >= 15 is 0 Å². The SMILES string of the molecule is COC(=O)CC1CCC(C(=O)C(C)C)CC1. The molecule has 1 aliphatic rings. The van der Waals surface area contributed by atoms with Gasteiger partial charge in [-0.05, 0) is 31.6 Å². The zero-order chi connectivity index (χ0) is 12.1. The van der Waals surface area contributed by atoms with Crippen LogP contribution < -0.4 is 0 Å². The summed E-state index contributed by atoms with van der Waals surface area (Å²) < 4.78 is 4.66. The first-order valence-electron chi connectivity index (χ1n) is 6.15. The number of Topliss-reactive ketones (excluding diaryl/α,β-unsaturated/α-hetero) is 1. The van der Waals surface area contributed by atoms with Gasteiger partial charge in [-0.15, -0.1) is 0 Å². The summed E-state index contributed by atoms with van der Waals surface area (Å²) in [4.78, 5) is 22.9. The summed E-state index contributed by atoms with van der Waals surface area (Å²) in [6, 6.07) is 0. The van der Waals surface area contributed by atoms with Crippen molar-refractivity contribution < 1.29 is 14.3 Å². The molecule has 0 amide bonds. The van der Waals surface area contributed by atoms with E-state index in [9.17, 15) is 9.59 Å². The number of carbonyl (C=O) groups excluding carboxylic acids is 2. The third kappa shape index (κ3) is 3.62. The Morgan fingerprint density at radius 1 is 1.19 bits per heavy atom. The molecule has 0 bridgehead atoms. The van der Waals surface area contributed by atoms with Crippen molar-refractivity contribution in [3.05, 3.63) is 0 Å². The van der Waals surface area contributed by atoms with E-state index in [1.54, 1.807) is 0 Å². The second-order valence-electron chi connectivity index (χ2n) is 5.05. The quantitative estimate of drug-likeness (QED) is 0.692. The van der Waals surface area contributed by atoms with Gasteiger partial charge in [0, 0.05) is 18.3 Å². The summed E-state index contributed by atoms with van der Waals surface area (Å²) in [6.45, 7) is 3.92. The van der Waals surface area contributed by atoms with Crippen molar-refractivity contribution in [1.82, 2.24) is 0 Å². The molecular formula is C13H22O3. The largest absolute Gasteiger partial charge is 0.469 e. The van der Waals surface area contributed by atoms with Crippen LogP contribution >= 0.6 is 0 Å². The monoisotopic (exact) mass is 226 g/mol. The summed E-state index contributed by atoms with van der Waals surface area (Å²) in [6.07, 6.45) is 4.37. The molecule has 0 aliphatic heterocycles. The van der Waals surface area contributed by atoms with Gasteiger partial charge in [-0.25, -0.2) is 0 Å². The Balaban J connectivity index is 2.34. The molecule has 1 saturated carbocycles. The van der Waals surface area contributed by atoms with Crippen LogP contribution in [0.15, 0.2) is 0 Å². The van der Waals surface area contributed by atoms with Crippen LogP contribution in [0.1, 0.15) is 46.0 Å². The molecule has 0 aromatic carbocycles. The van der Waals surface area contributed by atoms with Gasteiger partial charge in [0.15, 0.2) is 0 Å². The molecule has 0 heterocycles. The fraction of sp³-hybridized carbons (Fsp3) is 0.846. The van der Waals surface area contributed by atoms with E-state index in [1.165, 1.54) is 7.11 Å². The zero-order valence-electron chi connectivity index (χ0n) is 10.5. The van der Waals surface area contributed by atoms with Crippen molar-refractivity contribution in [3.63, 3.8) is 0 Å². The second kappa shape index (κ2) is 6.02. The van der Waals surface area contributed by atoms with Gasteiger partial charge in [0.2, 0.25) is 0 Å². The smallest absolute Gasteiger partial charge is 0.305 e. The minimum Gasteiger partial charge on any atom is -0.469 e. The molecule has 1 fully saturated rings. The minimum atomic E-state index is -0.126. The number of esters is 1. The maximum atomic E-state index is 11.8. The van der Waals surface area contributed by atoms with E-state index in [4.69, 9.17) is 0 Å². The molecule has 0 aromatic rings. The lowest BCUT2D eigenvalue weighted by Gasteiger charge is -2.27. The first-order valence-corrected chi connectivity index (χ1v) is 6.15. The van der Waals surface area contributed by atoms with Gasteiger partial charge >= 0.3 is 5.97 Å². The fourth-order valence-electron chi connectivity index (χ4n) is 2.44. The van der Waals surface area contributed by atoms with Gasteiger partial charge in [0.25, 0.3) is 0 Å². The van der Waals surface area contributed by atoms with Crippen LogP contribution in [0, 0.1) is 17.8 Å². The lowest BCUT2D eigenvalue weighted by molar-refractivity contribution is -0.142. The lowest BCUT2D eigenvalue weighted by atomic mass is 9.77. The van der Waals surface area contributed by atoms with E-state index in [-0.39, 0.29) is 17.8 Å². The number of hydrogen-bond donors (Lipinski definition) is 0. The van der Waals surface area contributed by atoms with Crippen molar-refractivity contribution in [2.75, 3.05) is 7.11 Å². The predicted octanol–water partition coefficient (Wildman–Crippen LogP) is 2.58. The molecule has 0 atom stereocenters. The Kier molecular flexibility index (Phi) is 4.97. The highest BCUT2D eigenvalue weighted by Gasteiger charge is 2.28. The van der Waals surface area contributed by atoms with Crippen molar-refractivity contribution in [3.8, 4) is 0 Å². The summed E-state index contributed by atoms with van der Waals surface area (Å²) in [5.41, 5.74) is 0. The summed E-state index contributed by atoms with van der Waals surface area (Å²) in [7, 11) is 1.43. The Morgan fingerprint density at radius 3 is 2.19 bits per heavy atom. The maximum Gasteiger partial charge on any atom is 0.305 e. The van der Waals surface area contributed by atoms with E-state index in [2.05, 4.69) is 4.74 Å². The third-order valence-electron chi connectivity index (χ3n) is 3.50. The van der Waals surface area contributed by atoms with Crippen molar-refractivity contribution in [2.24, 2.45) is 17.8 Å².